The normalized spacial score (nSPS) is 23.1. The van der Waals surface area contributed by atoms with Crippen molar-refractivity contribution in [2.45, 2.75) is 50.3 Å². The molecule has 4 aromatic rings. The van der Waals surface area contributed by atoms with Crippen LogP contribution in [0.25, 0.3) is 32.1 Å². The van der Waals surface area contributed by atoms with E-state index in [4.69, 9.17) is 27.1 Å². The fourth-order valence-electron chi connectivity index (χ4n) is 6.86. The quantitative estimate of drug-likeness (QED) is 0.297. The Morgan fingerprint density at radius 2 is 2.10 bits per heavy atom. The molecule has 3 atom stereocenters. The molecule has 3 saturated heterocycles. The maximum Gasteiger partial charge on any atom is 0.319 e. The van der Waals surface area contributed by atoms with E-state index in [1.54, 1.807) is 6.07 Å². The van der Waals surface area contributed by atoms with Gasteiger partial charge in [-0.05, 0) is 70.4 Å². The number of thiophene rings is 1. The third-order valence-corrected chi connectivity index (χ3v) is 10.5. The van der Waals surface area contributed by atoms with Crippen molar-refractivity contribution in [3.8, 4) is 23.2 Å². The van der Waals surface area contributed by atoms with Crippen molar-refractivity contribution < 1.29 is 13.5 Å². The van der Waals surface area contributed by atoms with Crippen molar-refractivity contribution in [2.24, 2.45) is 0 Å². The number of nitrogen functional groups attached to an aromatic ring is 1. The number of hydrogen-bond donors (Lipinski definition) is 2. The van der Waals surface area contributed by atoms with Gasteiger partial charge in [0.05, 0.1) is 15.3 Å². The molecule has 3 fully saturated rings. The maximum atomic E-state index is 16.8. The van der Waals surface area contributed by atoms with Crippen LogP contribution in [0, 0.1) is 23.0 Å². The third kappa shape index (κ3) is 4.27. The van der Waals surface area contributed by atoms with E-state index >= 15 is 4.39 Å². The molecule has 3 aliphatic heterocycles. The molecule has 12 heteroatoms. The van der Waals surface area contributed by atoms with Crippen LogP contribution >= 0.6 is 22.9 Å². The summed E-state index contributed by atoms with van der Waals surface area (Å²) in [4.78, 5) is 13.8. The molecule has 0 saturated carbocycles. The van der Waals surface area contributed by atoms with Crippen molar-refractivity contribution in [3.05, 3.63) is 40.4 Å². The highest BCUT2D eigenvalue weighted by molar-refractivity contribution is 7.23. The van der Waals surface area contributed by atoms with Crippen LogP contribution in [0.5, 0.6) is 6.01 Å². The highest BCUT2D eigenvalue weighted by Gasteiger charge is 2.43. The Hall–Kier alpha value is -3.30. The molecule has 2 aromatic carbocycles. The maximum absolute atomic E-state index is 16.8. The number of nitrogens with two attached hydrogens (primary N) is 1. The van der Waals surface area contributed by atoms with Crippen molar-refractivity contribution >= 4 is 54.7 Å². The third-order valence-electron chi connectivity index (χ3n) is 9.21. The molecule has 2 aromatic heterocycles. The molecule has 0 radical (unpaired) electrons. The van der Waals surface area contributed by atoms with Crippen molar-refractivity contribution in [2.75, 3.05) is 43.9 Å². The lowest BCUT2D eigenvalue weighted by atomic mass is 9.87. The van der Waals surface area contributed by atoms with E-state index in [1.807, 2.05) is 13.0 Å². The molecule has 1 spiro atoms. The number of rotatable bonds is 5. The lowest BCUT2D eigenvalue weighted by molar-refractivity contribution is 0.112. The SMILES string of the molecule is C[C@H](Oc1nc(N2CCC3(CCN3)C2)c2cc(Cl)c(-c3ccc(F)c4sc(N)c(C#N)c34)c(F)c2n1)[C@@H]1CCCN1C. The first-order valence-corrected chi connectivity index (χ1v) is 15.4. The molecule has 3 N–H and O–H groups in total. The summed E-state index contributed by atoms with van der Waals surface area (Å²) in [5, 5.41) is 14.3. The number of fused-ring (bicyclic) bond motifs is 2. The summed E-state index contributed by atoms with van der Waals surface area (Å²) in [5.41, 5.74) is 6.55. The minimum atomic E-state index is -0.686. The van der Waals surface area contributed by atoms with E-state index < -0.39 is 11.6 Å². The van der Waals surface area contributed by atoms with E-state index in [1.165, 1.54) is 12.1 Å². The van der Waals surface area contributed by atoms with Gasteiger partial charge in [-0.15, -0.1) is 11.3 Å². The second-order valence-electron chi connectivity index (χ2n) is 11.7. The summed E-state index contributed by atoms with van der Waals surface area (Å²) in [7, 11) is 2.07. The summed E-state index contributed by atoms with van der Waals surface area (Å²) < 4.78 is 38.1. The monoisotopic (exact) mass is 609 g/mol. The van der Waals surface area contributed by atoms with Gasteiger partial charge in [-0.25, -0.2) is 8.78 Å². The first kappa shape index (κ1) is 27.5. The van der Waals surface area contributed by atoms with E-state index in [9.17, 15) is 9.65 Å². The molecule has 0 bridgehead atoms. The Morgan fingerprint density at radius 3 is 2.76 bits per heavy atom. The van der Waals surface area contributed by atoms with Crippen LogP contribution in [-0.4, -0.2) is 65.8 Å². The van der Waals surface area contributed by atoms with Gasteiger partial charge in [0.1, 0.15) is 34.3 Å². The molecule has 8 nitrogen and oxygen atoms in total. The number of nitrogens with zero attached hydrogens (tertiary/aromatic N) is 5. The van der Waals surface area contributed by atoms with Crippen molar-refractivity contribution in [1.82, 2.24) is 20.2 Å². The van der Waals surface area contributed by atoms with Crippen molar-refractivity contribution in [3.63, 3.8) is 0 Å². The smallest absolute Gasteiger partial charge is 0.319 e. The van der Waals surface area contributed by atoms with Gasteiger partial charge in [-0.2, -0.15) is 15.2 Å². The predicted octanol–water partition coefficient (Wildman–Crippen LogP) is 5.70. The van der Waals surface area contributed by atoms with Crippen molar-refractivity contribution in [1.29, 1.82) is 5.26 Å². The average Bonchev–Trinajstić information content (AvgIpc) is 3.67. The molecule has 0 amide bonds. The minimum Gasteiger partial charge on any atom is -0.459 e. The molecule has 42 heavy (non-hydrogen) atoms. The fourth-order valence-corrected chi connectivity index (χ4v) is 8.11. The Bertz CT molecular complexity index is 1790. The number of hydrogen-bond acceptors (Lipinski definition) is 9. The largest absolute Gasteiger partial charge is 0.459 e. The van der Waals surface area contributed by atoms with Gasteiger partial charge >= 0.3 is 6.01 Å². The van der Waals surface area contributed by atoms with E-state index in [2.05, 4.69) is 27.1 Å². The molecule has 218 valence electrons. The molecule has 7 rings (SSSR count). The first-order valence-electron chi connectivity index (χ1n) is 14.2. The van der Waals surface area contributed by atoms with Crippen LogP contribution in [0.15, 0.2) is 18.2 Å². The molecule has 5 heterocycles. The molecule has 1 unspecified atom stereocenters. The minimum absolute atomic E-state index is 0.0289. The summed E-state index contributed by atoms with van der Waals surface area (Å²) >= 11 is 7.77. The Kier molecular flexibility index (Phi) is 6.66. The highest BCUT2D eigenvalue weighted by Crippen LogP contribution is 2.46. The van der Waals surface area contributed by atoms with Gasteiger partial charge < -0.3 is 20.7 Å². The predicted molar refractivity (Wildman–Crippen MR) is 162 cm³/mol. The Labute approximate surface area is 251 Å². The molecular formula is C30H30ClF2N7OS. The van der Waals surface area contributed by atoms with Crippen LogP contribution in [0.4, 0.5) is 19.6 Å². The first-order chi connectivity index (χ1) is 20.2. The molecule has 0 aliphatic carbocycles. The van der Waals surface area contributed by atoms with Crippen LogP contribution in [0.3, 0.4) is 0 Å². The van der Waals surface area contributed by atoms with E-state index in [-0.39, 0.29) is 66.0 Å². The number of nitrogens with one attached hydrogen (secondary N) is 1. The zero-order chi connectivity index (χ0) is 29.3. The fraction of sp³-hybridized carbons (Fsp3) is 0.433. The van der Waals surface area contributed by atoms with Gasteiger partial charge in [0.2, 0.25) is 0 Å². The summed E-state index contributed by atoms with van der Waals surface area (Å²) in [6, 6.07) is 6.69. The van der Waals surface area contributed by atoms with E-state index in [0.29, 0.717) is 11.2 Å². The average molecular weight is 610 g/mol. The number of benzene rings is 2. The number of likely N-dealkylation sites (N-methyl/N-ethyl adjacent to an activating group) is 1. The topological polar surface area (TPSA) is 103 Å². The lowest BCUT2D eigenvalue weighted by Crippen LogP contribution is -2.58. The lowest BCUT2D eigenvalue weighted by Gasteiger charge is -2.39. The van der Waals surface area contributed by atoms with E-state index in [0.717, 1.165) is 63.2 Å². The standard InChI is InChI=1S/C30H30ClF2N7OS/c1-15(21-4-3-10-39(21)2)41-29-37-25-17(28(38-29)40-11-8-30(14-40)7-9-36-30)12-19(31)23(24(25)33)16-5-6-20(32)26-22(16)18(13-34)27(35)42-26/h5-6,12,15,21,36H,3-4,7-11,14,35H2,1-2H3/t15-,21-,30?/m0/s1. The summed E-state index contributed by atoms with van der Waals surface area (Å²) in [6.45, 7) is 5.45. The van der Waals surface area contributed by atoms with Crippen LogP contribution in [0.2, 0.25) is 5.02 Å². The zero-order valence-corrected chi connectivity index (χ0v) is 24.9. The number of halogens is 3. The molecular weight excluding hydrogens is 580 g/mol. The number of ether oxygens (including phenoxy) is 1. The van der Waals surface area contributed by atoms with Gasteiger partial charge in [-0.3, -0.25) is 4.90 Å². The second-order valence-corrected chi connectivity index (χ2v) is 13.1. The van der Waals surface area contributed by atoms with Gasteiger partial charge in [0.25, 0.3) is 0 Å². The van der Waals surface area contributed by atoms with Gasteiger partial charge in [0.15, 0.2) is 5.82 Å². The number of nitriles is 1. The van der Waals surface area contributed by atoms with Gasteiger partial charge in [0, 0.05) is 41.0 Å². The number of anilines is 2. The highest BCUT2D eigenvalue weighted by atomic mass is 35.5. The molecule has 3 aliphatic rings. The Balaban J connectivity index is 1.41. The van der Waals surface area contributed by atoms with Crippen LogP contribution in [0.1, 0.15) is 38.2 Å². The zero-order valence-electron chi connectivity index (χ0n) is 23.3. The summed E-state index contributed by atoms with van der Waals surface area (Å²) in [6.07, 6.45) is 3.90. The van der Waals surface area contributed by atoms with Gasteiger partial charge in [-0.1, -0.05) is 17.7 Å². The van der Waals surface area contributed by atoms with Crippen LogP contribution < -0.4 is 20.7 Å². The summed E-state index contributed by atoms with van der Waals surface area (Å²) in [5.74, 6) is -0.654. The van der Waals surface area contributed by atoms with Crippen LogP contribution in [-0.2, 0) is 0 Å². The number of likely N-dealkylation sites (tertiary alicyclic amines) is 1. The Morgan fingerprint density at radius 1 is 1.29 bits per heavy atom. The number of aromatic nitrogens is 2. The second kappa shape index (κ2) is 10.2.